The fraction of sp³-hybridized carbons (Fsp3) is 0.364. The minimum absolute atomic E-state index is 0.160. The first-order valence-corrected chi connectivity index (χ1v) is 11.9. The normalized spacial score (nSPS) is 15.4. The van der Waals surface area contributed by atoms with Crippen LogP contribution < -0.4 is 20.7 Å². The zero-order valence-electron chi connectivity index (χ0n) is 18.8. The van der Waals surface area contributed by atoms with E-state index in [0.717, 1.165) is 0 Å². The van der Waals surface area contributed by atoms with Crippen LogP contribution in [0.15, 0.2) is 47.4 Å². The van der Waals surface area contributed by atoms with Crippen molar-refractivity contribution in [3.05, 3.63) is 42.5 Å². The maximum absolute atomic E-state index is 12.7. The van der Waals surface area contributed by atoms with Gasteiger partial charge in [-0.2, -0.15) is 4.31 Å². The molecule has 0 bridgehead atoms. The highest BCUT2D eigenvalue weighted by Gasteiger charge is 2.26. The number of morpholine rings is 1. The Kier molecular flexibility index (Phi) is 7.90. The van der Waals surface area contributed by atoms with Gasteiger partial charge in [0.1, 0.15) is 11.8 Å². The minimum Gasteiger partial charge on any atom is -0.495 e. The first kappa shape index (κ1) is 24.5. The number of amides is 2. The molecule has 1 aliphatic rings. The Bertz CT molecular complexity index is 1100. The fourth-order valence-corrected chi connectivity index (χ4v) is 4.71. The van der Waals surface area contributed by atoms with Gasteiger partial charge >= 0.3 is 0 Å². The van der Waals surface area contributed by atoms with Gasteiger partial charge in [0.15, 0.2) is 0 Å². The summed E-state index contributed by atoms with van der Waals surface area (Å²) in [5, 5.41) is 8.52. The molecule has 10 nitrogen and oxygen atoms in total. The molecule has 0 radical (unpaired) electrons. The van der Waals surface area contributed by atoms with Crippen LogP contribution in [-0.2, 0) is 24.3 Å². The van der Waals surface area contributed by atoms with Crippen molar-refractivity contribution >= 4 is 38.9 Å². The van der Waals surface area contributed by atoms with Crippen LogP contribution in [0.2, 0.25) is 0 Å². The molecular formula is C22H28N4O6S. The molecule has 0 spiro atoms. The predicted molar refractivity (Wildman–Crippen MR) is 125 cm³/mol. The van der Waals surface area contributed by atoms with Crippen molar-refractivity contribution in [1.29, 1.82) is 0 Å². The molecule has 1 atom stereocenters. The molecule has 1 fully saturated rings. The summed E-state index contributed by atoms with van der Waals surface area (Å²) in [6.45, 7) is 4.46. The van der Waals surface area contributed by atoms with E-state index in [2.05, 4.69) is 16.0 Å². The molecule has 178 valence electrons. The van der Waals surface area contributed by atoms with Crippen molar-refractivity contribution in [3.63, 3.8) is 0 Å². The van der Waals surface area contributed by atoms with Crippen LogP contribution in [0.3, 0.4) is 0 Å². The van der Waals surface area contributed by atoms with Crippen LogP contribution in [0.25, 0.3) is 0 Å². The van der Waals surface area contributed by atoms with Gasteiger partial charge in [-0.25, -0.2) is 8.42 Å². The molecule has 3 N–H and O–H groups in total. The van der Waals surface area contributed by atoms with Gasteiger partial charge in [-0.15, -0.1) is 0 Å². The van der Waals surface area contributed by atoms with Gasteiger partial charge in [-0.05, 0) is 49.4 Å². The smallest absolute Gasteiger partial charge is 0.246 e. The van der Waals surface area contributed by atoms with E-state index < -0.39 is 16.1 Å². The van der Waals surface area contributed by atoms with Crippen LogP contribution in [0.5, 0.6) is 5.75 Å². The third-order valence-electron chi connectivity index (χ3n) is 5.01. The van der Waals surface area contributed by atoms with Crippen molar-refractivity contribution in [2.75, 3.05) is 49.4 Å². The number of methoxy groups -OCH3 is 1. The Morgan fingerprint density at radius 2 is 1.67 bits per heavy atom. The van der Waals surface area contributed by atoms with Crippen LogP contribution in [0.1, 0.15) is 13.8 Å². The summed E-state index contributed by atoms with van der Waals surface area (Å²) in [5.41, 5.74) is 1.57. The lowest BCUT2D eigenvalue weighted by Gasteiger charge is -2.26. The first-order valence-electron chi connectivity index (χ1n) is 10.4. The average molecular weight is 477 g/mol. The van der Waals surface area contributed by atoms with Crippen LogP contribution in [0, 0.1) is 0 Å². The monoisotopic (exact) mass is 476 g/mol. The molecule has 0 unspecified atom stereocenters. The van der Waals surface area contributed by atoms with Gasteiger partial charge in [0.05, 0.1) is 30.9 Å². The second-order valence-electron chi connectivity index (χ2n) is 7.49. The Morgan fingerprint density at radius 3 is 2.27 bits per heavy atom. The van der Waals surface area contributed by atoms with E-state index in [1.807, 2.05) is 0 Å². The summed E-state index contributed by atoms with van der Waals surface area (Å²) < 4.78 is 37.4. The first-order chi connectivity index (χ1) is 15.7. The number of hydrogen-bond acceptors (Lipinski definition) is 7. The van der Waals surface area contributed by atoms with E-state index in [1.165, 1.54) is 30.5 Å². The van der Waals surface area contributed by atoms with Gasteiger partial charge in [0.25, 0.3) is 0 Å². The van der Waals surface area contributed by atoms with Crippen molar-refractivity contribution in [1.82, 2.24) is 4.31 Å². The van der Waals surface area contributed by atoms with Crippen LogP contribution in [-0.4, -0.2) is 64.0 Å². The van der Waals surface area contributed by atoms with E-state index in [0.29, 0.717) is 49.1 Å². The maximum atomic E-state index is 12.7. The summed E-state index contributed by atoms with van der Waals surface area (Å²) in [7, 11) is -2.09. The molecule has 2 amide bonds. The topological polar surface area (TPSA) is 126 Å². The zero-order valence-corrected chi connectivity index (χ0v) is 19.6. The molecule has 0 aromatic heterocycles. The quantitative estimate of drug-likeness (QED) is 0.533. The summed E-state index contributed by atoms with van der Waals surface area (Å²) in [6.07, 6.45) is 0. The number of hydrogen-bond donors (Lipinski definition) is 3. The van der Waals surface area contributed by atoms with Gasteiger partial charge in [-0.3, -0.25) is 9.59 Å². The molecule has 1 saturated heterocycles. The second-order valence-corrected chi connectivity index (χ2v) is 9.43. The number of carbonyl (C=O) groups is 2. The number of benzene rings is 2. The Morgan fingerprint density at radius 1 is 1.03 bits per heavy atom. The summed E-state index contributed by atoms with van der Waals surface area (Å²) in [6, 6.07) is 10.5. The highest BCUT2D eigenvalue weighted by molar-refractivity contribution is 7.89. The van der Waals surface area contributed by atoms with Crippen molar-refractivity contribution in [3.8, 4) is 5.75 Å². The zero-order chi connectivity index (χ0) is 24.0. The number of carbonyl (C=O) groups excluding carboxylic acids is 2. The fourth-order valence-electron chi connectivity index (χ4n) is 3.30. The van der Waals surface area contributed by atoms with Crippen molar-refractivity contribution in [2.45, 2.75) is 24.8 Å². The highest BCUT2D eigenvalue weighted by Crippen LogP contribution is 2.28. The number of ether oxygens (including phenoxy) is 2. The molecule has 3 rings (SSSR count). The lowest BCUT2D eigenvalue weighted by Crippen LogP contribution is -2.40. The van der Waals surface area contributed by atoms with Gasteiger partial charge in [0.2, 0.25) is 21.8 Å². The van der Waals surface area contributed by atoms with Gasteiger partial charge in [0, 0.05) is 31.4 Å². The summed E-state index contributed by atoms with van der Waals surface area (Å²) >= 11 is 0. The summed E-state index contributed by atoms with van der Waals surface area (Å²) in [4.78, 5) is 24.2. The van der Waals surface area contributed by atoms with Crippen molar-refractivity contribution in [2.24, 2.45) is 0 Å². The molecule has 33 heavy (non-hydrogen) atoms. The Hall–Kier alpha value is -3.15. The van der Waals surface area contributed by atoms with E-state index in [9.17, 15) is 18.0 Å². The molecule has 11 heteroatoms. The van der Waals surface area contributed by atoms with Crippen LogP contribution in [0.4, 0.5) is 17.1 Å². The number of sulfonamides is 1. The lowest BCUT2D eigenvalue weighted by atomic mass is 10.2. The Balaban J connectivity index is 1.66. The second kappa shape index (κ2) is 10.6. The minimum atomic E-state index is -3.60. The third kappa shape index (κ3) is 6.21. The van der Waals surface area contributed by atoms with Gasteiger partial charge < -0.3 is 25.4 Å². The molecule has 1 heterocycles. The van der Waals surface area contributed by atoms with E-state index in [1.54, 1.807) is 37.3 Å². The third-order valence-corrected chi connectivity index (χ3v) is 6.93. The van der Waals surface area contributed by atoms with Crippen LogP contribution >= 0.6 is 0 Å². The van der Waals surface area contributed by atoms with E-state index >= 15 is 0 Å². The van der Waals surface area contributed by atoms with Gasteiger partial charge in [-0.1, -0.05) is 0 Å². The standard InChI is InChI=1S/C22H28N4O6S/c1-15(23-20-14-18(24-16(2)27)6-9-21(20)31-3)22(28)25-17-4-7-19(8-5-17)33(29,30)26-10-12-32-13-11-26/h4-9,14-15,23H,10-13H2,1-3H3,(H,24,27)(H,25,28)/t15-/m0/s1. The SMILES string of the molecule is COc1ccc(NC(C)=O)cc1N[C@@H](C)C(=O)Nc1ccc(S(=O)(=O)N2CCOCC2)cc1. The molecule has 1 aliphatic heterocycles. The maximum Gasteiger partial charge on any atom is 0.246 e. The number of anilines is 3. The largest absolute Gasteiger partial charge is 0.495 e. The molecular weight excluding hydrogens is 448 g/mol. The molecule has 2 aromatic rings. The number of nitrogens with one attached hydrogen (secondary N) is 3. The van der Waals surface area contributed by atoms with E-state index in [4.69, 9.17) is 9.47 Å². The number of rotatable bonds is 8. The lowest BCUT2D eigenvalue weighted by molar-refractivity contribution is -0.116. The van der Waals surface area contributed by atoms with Crippen molar-refractivity contribution < 1.29 is 27.5 Å². The predicted octanol–water partition coefficient (Wildman–Crippen LogP) is 2.11. The highest BCUT2D eigenvalue weighted by atomic mass is 32.2. The Labute approximate surface area is 193 Å². The van der Waals surface area contributed by atoms with E-state index in [-0.39, 0.29) is 16.7 Å². The average Bonchev–Trinajstić information content (AvgIpc) is 2.80. The molecule has 0 saturated carbocycles. The number of nitrogens with zero attached hydrogens (tertiary/aromatic N) is 1. The summed E-state index contributed by atoms with van der Waals surface area (Å²) in [5.74, 6) is -0.0248. The molecule has 0 aliphatic carbocycles. The molecule has 2 aromatic carbocycles.